The van der Waals surface area contributed by atoms with E-state index in [1.54, 1.807) is 13.3 Å². The molecule has 1 unspecified atom stereocenters. The Morgan fingerprint density at radius 2 is 1.95 bits per heavy atom. The molecule has 0 aliphatic carbocycles. The molecule has 4 heteroatoms. The lowest BCUT2D eigenvalue weighted by Crippen LogP contribution is -2.31. The van der Waals surface area contributed by atoms with Gasteiger partial charge in [-0.25, -0.2) is 4.98 Å². The molecule has 0 spiro atoms. The van der Waals surface area contributed by atoms with Crippen LogP contribution in [-0.4, -0.2) is 27.4 Å². The van der Waals surface area contributed by atoms with E-state index in [9.17, 15) is 5.11 Å². The fourth-order valence-corrected chi connectivity index (χ4v) is 2.38. The van der Waals surface area contributed by atoms with Crippen molar-refractivity contribution >= 4 is 0 Å². The minimum absolute atomic E-state index is 0.542. The first-order valence-corrected chi connectivity index (χ1v) is 6.89. The second-order valence-corrected chi connectivity index (χ2v) is 5.33. The highest BCUT2D eigenvalue weighted by Crippen LogP contribution is 2.20. The molecule has 0 saturated carbocycles. The van der Waals surface area contributed by atoms with E-state index in [2.05, 4.69) is 16.5 Å². The Bertz CT molecular complexity index is 544. The van der Waals surface area contributed by atoms with Gasteiger partial charge in [0.05, 0.1) is 12.7 Å². The first kappa shape index (κ1) is 14.6. The molecule has 1 atom stereocenters. The van der Waals surface area contributed by atoms with E-state index in [1.165, 1.54) is 0 Å². The number of ether oxygens (including phenoxy) is 1. The van der Waals surface area contributed by atoms with Gasteiger partial charge in [0.1, 0.15) is 11.6 Å². The van der Waals surface area contributed by atoms with Gasteiger partial charge < -0.3 is 14.4 Å². The highest BCUT2D eigenvalue weighted by Gasteiger charge is 2.23. The SMILES string of the molecule is CCn1ccnc1CC(C)(O)Cc1ccc(OC)cc1. The molecule has 0 bridgehead atoms. The lowest BCUT2D eigenvalue weighted by molar-refractivity contribution is 0.0579. The monoisotopic (exact) mass is 274 g/mol. The van der Waals surface area contributed by atoms with Crippen LogP contribution in [-0.2, 0) is 19.4 Å². The maximum Gasteiger partial charge on any atom is 0.118 e. The van der Waals surface area contributed by atoms with Crippen LogP contribution >= 0.6 is 0 Å². The minimum Gasteiger partial charge on any atom is -0.497 e. The highest BCUT2D eigenvalue weighted by atomic mass is 16.5. The van der Waals surface area contributed by atoms with Crippen molar-refractivity contribution in [2.45, 2.75) is 38.8 Å². The van der Waals surface area contributed by atoms with Crippen LogP contribution < -0.4 is 4.74 Å². The second kappa shape index (κ2) is 6.09. The van der Waals surface area contributed by atoms with Crippen molar-refractivity contribution in [1.29, 1.82) is 0 Å². The van der Waals surface area contributed by atoms with Crippen LogP contribution in [0.1, 0.15) is 25.2 Å². The third-order valence-electron chi connectivity index (χ3n) is 3.43. The van der Waals surface area contributed by atoms with Crippen LogP contribution in [0.5, 0.6) is 5.75 Å². The topological polar surface area (TPSA) is 47.3 Å². The molecule has 0 aliphatic heterocycles. The molecule has 0 aliphatic rings. The van der Waals surface area contributed by atoms with Gasteiger partial charge in [-0.2, -0.15) is 0 Å². The van der Waals surface area contributed by atoms with Gasteiger partial charge in [0, 0.05) is 31.8 Å². The molecule has 0 saturated heterocycles. The lowest BCUT2D eigenvalue weighted by atomic mass is 9.93. The number of hydrogen-bond donors (Lipinski definition) is 1. The van der Waals surface area contributed by atoms with Gasteiger partial charge in [-0.05, 0) is 31.5 Å². The van der Waals surface area contributed by atoms with Gasteiger partial charge in [0.15, 0.2) is 0 Å². The van der Waals surface area contributed by atoms with Gasteiger partial charge >= 0.3 is 0 Å². The Labute approximate surface area is 120 Å². The lowest BCUT2D eigenvalue weighted by Gasteiger charge is -2.23. The Balaban J connectivity index is 2.06. The Kier molecular flexibility index (Phi) is 4.45. The number of aromatic nitrogens is 2. The molecule has 1 N–H and O–H groups in total. The largest absolute Gasteiger partial charge is 0.497 e. The standard InChI is InChI=1S/C16H22N2O2/c1-4-18-10-9-17-15(18)12-16(2,19)11-13-5-7-14(20-3)8-6-13/h5-10,19H,4,11-12H2,1-3H3. The predicted molar refractivity (Wildman–Crippen MR) is 78.9 cm³/mol. The summed E-state index contributed by atoms with van der Waals surface area (Å²) in [6.07, 6.45) is 4.86. The van der Waals surface area contributed by atoms with Crippen LogP contribution in [0.15, 0.2) is 36.7 Å². The Morgan fingerprint density at radius 1 is 1.25 bits per heavy atom. The summed E-state index contributed by atoms with van der Waals surface area (Å²) in [6.45, 7) is 4.79. The van der Waals surface area contributed by atoms with Crippen LogP contribution in [0.25, 0.3) is 0 Å². The van der Waals surface area contributed by atoms with Gasteiger partial charge in [0.2, 0.25) is 0 Å². The van der Waals surface area contributed by atoms with Crippen molar-refractivity contribution in [1.82, 2.24) is 9.55 Å². The van der Waals surface area contributed by atoms with Crippen LogP contribution in [0.4, 0.5) is 0 Å². The molecule has 0 amide bonds. The number of rotatable bonds is 6. The van der Waals surface area contributed by atoms with E-state index in [4.69, 9.17) is 4.74 Å². The fourth-order valence-electron chi connectivity index (χ4n) is 2.38. The van der Waals surface area contributed by atoms with Crippen LogP contribution in [0.3, 0.4) is 0 Å². The van der Waals surface area contributed by atoms with E-state index in [0.717, 1.165) is 23.7 Å². The number of aryl methyl sites for hydroxylation is 1. The molecule has 2 rings (SSSR count). The molecule has 1 aromatic carbocycles. The zero-order valence-electron chi connectivity index (χ0n) is 12.3. The summed E-state index contributed by atoms with van der Waals surface area (Å²) >= 11 is 0. The number of methoxy groups -OCH3 is 1. The summed E-state index contributed by atoms with van der Waals surface area (Å²) in [5, 5.41) is 10.6. The van der Waals surface area contributed by atoms with Gasteiger partial charge in [0.25, 0.3) is 0 Å². The summed E-state index contributed by atoms with van der Waals surface area (Å²) in [5.41, 5.74) is 0.276. The maximum absolute atomic E-state index is 10.6. The van der Waals surface area contributed by atoms with Gasteiger partial charge in [-0.15, -0.1) is 0 Å². The van der Waals surface area contributed by atoms with Crippen molar-refractivity contribution in [2.24, 2.45) is 0 Å². The average Bonchev–Trinajstić information content (AvgIpc) is 2.85. The average molecular weight is 274 g/mol. The third-order valence-corrected chi connectivity index (χ3v) is 3.43. The molecule has 20 heavy (non-hydrogen) atoms. The zero-order chi connectivity index (χ0) is 14.6. The number of nitrogens with zero attached hydrogens (tertiary/aromatic N) is 2. The first-order chi connectivity index (χ1) is 9.54. The molecule has 4 nitrogen and oxygen atoms in total. The minimum atomic E-state index is -0.813. The molecule has 1 aromatic heterocycles. The van der Waals surface area contributed by atoms with E-state index in [1.807, 2.05) is 37.4 Å². The van der Waals surface area contributed by atoms with E-state index in [-0.39, 0.29) is 0 Å². The van der Waals surface area contributed by atoms with Crippen molar-refractivity contribution < 1.29 is 9.84 Å². The van der Waals surface area contributed by atoms with E-state index >= 15 is 0 Å². The summed E-state index contributed by atoms with van der Waals surface area (Å²) < 4.78 is 7.20. The van der Waals surface area contributed by atoms with Gasteiger partial charge in [-0.3, -0.25) is 0 Å². The normalized spacial score (nSPS) is 14.0. The Morgan fingerprint density at radius 3 is 2.55 bits per heavy atom. The van der Waals surface area contributed by atoms with Gasteiger partial charge in [-0.1, -0.05) is 12.1 Å². The fraction of sp³-hybridized carbons (Fsp3) is 0.438. The van der Waals surface area contributed by atoms with Crippen LogP contribution in [0, 0.1) is 0 Å². The smallest absolute Gasteiger partial charge is 0.118 e. The van der Waals surface area contributed by atoms with E-state index < -0.39 is 5.60 Å². The van der Waals surface area contributed by atoms with Crippen LogP contribution in [0.2, 0.25) is 0 Å². The highest BCUT2D eigenvalue weighted by molar-refractivity contribution is 5.28. The summed E-state index contributed by atoms with van der Waals surface area (Å²) in [7, 11) is 1.65. The van der Waals surface area contributed by atoms with E-state index in [0.29, 0.717) is 12.8 Å². The summed E-state index contributed by atoms with van der Waals surface area (Å²) in [6, 6.07) is 7.80. The first-order valence-electron chi connectivity index (χ1n) is 6.89. The number of benzene rings is 1. The van der Waals surface area contributed by atoms with Crippen molar-refractivity contribution in [2.75, 3.05) is 7.11 Å². The summed E-state index contributed by atoms with van der Waals surface area (Å²) in [5.74, 6) is 1.75. The molecule has 1 heterocycles. The number of aliphatic hydroxyl groups is 1. The maximum atomic E-state index is 10.6. The van der Waals surface area contributed by atoms with Crippen molar-refractivity contribution in [3.63, 3.8) is 0 Å². The molecule has 0 radical (unpaired) electrons. The van der Waals surface area contributed by atoms with Crippen molar-refractivity contribution in [3.05, 3.63) is 48.0 Å². The molecular formula is C16H22N2O2. The number of imidazole rings is 1. The molecule has 108 valence electrons. The van der Waals surface area contributed by atoms with Crippen molar-refractivity contribution in [3.8, 4) is 5.75 Å². The number of hydrogen-bond acceptors (Lipinski definition) is 3. The third kappa shape index (κ3) is 3.61. The predicted octanol–water partition coefficient (Wildman–Crippen LogP) is 2.45. The molecule has 0 fully saturated rings. The second-order valence-electron chi connectivity index (χ2n) is 5.33. The molecular weight excluding hydrogens is 252 g/mol. The Hall–Kier alpha value is -1.81. The quantitative estimate of drug-likeness (QED) is 0.880. The molecule has 2 aromatic rings. The summed E-state index contributed by atoms with van der Waals surface area (Å²) in [4.78, 5) is 4.32. The zero-order valence-corrected chi connectivity index (χ0v) is 12.3.